The molecule has 2 rings (SSSR count). The van der Waals surface area contributed by atoms with E-state index in [1.54, 1.807) is 4.68 Å². The van der Waals surface area contributed by atoms with Crippen molar-refractivity contribution in [1.29, 1.82) is 0 Å². The van der Waals surface area contributed by atoms with Crippen molar-refractivity contribution in [3.05, 3.63) is 46.2 Å². The lowest BCUT2D eigenvalue weighted by Gasteiger charge is -2.07. The average Bonchev–Trinajstić information content (AvgIpc) is 2.46. The molecule has 14 heavy (non-hydrogen) atoms. The molecule has 4 nitrogen and oxygen atoms in total. The van der Waals surface area contributed by atoms with Crippen LogP contribution in [0.2, 0.25) is 0 Å². The van der Waals surface area contributed by atoms with Crippen LogP contribution in [0.25, 0.3) is 5.69 Å². The molecule has 2 aromatic rings. The molecule has 0 aliphatic carbocycles. The number of nitrogen functional groups attached to an aromatic ring is 1. The predicted octanol–water partition coefficient (Wildman–Crippen LogP) is 1.06. The van der Waals surface area contributed by atoms with Gasteiger partial charge in [-0.25, -0.2) is 4.68 Å². The number of aryl methyl sites for hydroxylation is 1. The molecule has 0 saturated heterocycles. The normalized spacial score (nSPS) is 10.4. The topological polar surface area (TPSA) is 63.8 Å². The summed E-state index contributed by atoms with van der Waals surface area (Å²) in [6, 6.07) is 9.08. The summed E-state index contributed by atoms with van der Waals surface area (Å²) in [6.45, 7) is 1.97. The maximum atomic E-state index is 11.0. The van der Waals surface area contributed by atoms with Crippen LogP contribution in [-0.2, 0) is 0 Å². The highest BCUT2D eigenvalue weighted by molar-refractivity contribution is 5.45. The number of hydrogen-bond acceptors (Lipinski definition) is 2. The highest BCUT2D eigenvalue weighted by Crippen LogP contribution is 2.14. The average molecular weight is 189 g/mol. The minimum atomic E-state index is -0.189. The zero-order valence-corrected chi connectivity index (χ0v) is 7.82. The molecule has 0 aliphatic heterocycles. The van der Waals surface area contributed by atoms with Crippen molar-refractivity contribution in [2.24, 2.45) is 0 Å². The van der Waals surface area contributed by atoms with Gasteiger partial charge in [0.05, 0.1) is 5.69 Å². The standard InChI is InChI=1S/C10H11N3O/c1-7-4-2-3-5-8(7)13-9(11)6-10(14)12-13/h2-6H,11H2,1H3,(H,12,14). The molecule has 1 aromatic carbocycles. The SMILES string of the molecule is Cc1ccccc1-n1[nH]c(=O)cc1N. The monoisotopic (exact) mass is 189 g/mol. The number of aromatic amines is 1. The van der Waals surface area contributed by atoms with E-state index in [9.17, 15) is 4.79 Å². The second kappa shape index (κ2) is 3.06. The van der Waals surface area contributed by atoms with E-state index in [0.29, 0.717) is 5.82 Å². The van der Waals surface area contributed by atoms with Gasteiger partial charge in [0.1, 0.15) is 5.82 Å². The first-order chi connectivity index (χ1) is 6.68. The molecule has 0 radical (unpaired) electrons. The maximum Gasteiger partial charge on any atom is 0.266 e. The lowest BCUT2D eigenvalue weighted by atomic mass is 10.2. The van der Waals surface area contributed by atoms with Crippen molar-refractivity contribution in [3.63, 3.8) is 0 Å². The Labute approximate surface area is 81.0 Å². The van der Waals surface area contributed by atoms with Crippen LogP contribution in [0.5, 0.6) is 0 Å². The number of nitrogens with zero attached hydrogens (tertiary/aromatic N) is 1. The quantitative estimate of drug-likeness (QED) is 0.704. The van der Waals surface area contributed by atoms with E-state index in [2.05, 4.69) is 5.10 Å². The van der Waals surface area contributed by atoms with Crippen molar-refractivity contribution in [2.45, 2.75) is 6.92 Å². The summed E-state index contributed by atoms with van der Waals surface area (Å²) in [4.78, 5) is 11.0. The molecule has 0 amide bonds. The fourth-order valence-corrected chi connectivity index (χ4v) is 1.42. The van der Waals surface area contributed by atoms with Gasteiger partial charge in [-0.15, -0.1) is 0 Å². The lowest BCUT2D eigenvalue weighted by molar-refractivity contribution is 0.867. The summed E-state index contributed by atoms with van der Waals surface area (Å²) in [5, 5.41) is 2.64. The van der Waals surface area contributed by atoms with E-state index in [1.807, 2.05) is 31.2 Å². The summed E-state index contributed by atoms with van der Waals surface area (Å²) in [6.07, 6.45) is 0. The number of nitrogens with two attached hydrogens (primary N) is 1. The van der Waals surface area contributed by atoms with Crippen molar-refractivity contribution >= 4 is 5.82 Å². The fourth-order valence-electron chi connectivity index (χ4n) is 1.42. The molecule has 0 fully saturated rings. The van der Waals surface area contributed by atoms with Crippen LogP contribution in [0.4, 0.5) is 5.82 Å². The number of nitrogens with one attached hydrogen (secondary N) is 1. The van der Waals surface area contributed by atoms with Gasteiger partial charge in [0, 0.05) is 6.07 Å². The Hall–Kier alpha value is -1.97. The number of benzene rings is 1. The Bertz CT molecular complexity index is 510. The van der Waals surface area contributed by atoms with Crippen LogP contribution in [0.3, 0.4) is 0 Å². The Morgan fingerprint density at radius 3 is 2.64 bits per heavy atom. The molecule has 4 heteroatoms. The molecule has 3 N–H and O–H groups in total. The number of hydrogen-bond donors (Lipinski definition) is 2. The van der Waals surface area contributed by atoms with Gasteiger partial charge >= 0.3 is 0 Å². The Balaban J connectivity index is 2.66. The second-order valence-electron chi connectivity index (χ2n) is 3.17. The number of aromatic nitrogens is 2. The number of H-pyrrole nitrogens is 1. The predicted molar refractivity (Wildman–Crippen MR) is 55.5 cm³/mol. The molecule has 0 spiro atoms. The molecule has 0 bridgehead atoms. The highest BCUT2D eigenvalue weighted by Gasteiger charge is 2.04. The zero-order chi connectivity index (χ0) is 10.1. The Morgan fingerprint density at radius 1 is 1.36 bits per heavy atom. The van der Waals surface area contributed by atoms with E-state index < -0.39 is 0 Å². The molecule has 1 heterocycles. The maximum absolute atomic E-state index is 11.0. The number of rotatable bonds is 1. The van der Waals surface area contributed by atoms with Crippen LogP contribution >= 0.6 is 0 Å². The molecule has 1 aromatic heterocycles. The lowest BCUT2D eigenvalue weighted by Crippen LogP contribution is -2.06. The number of para-hydroxylation sites is 1. The van der Waals surface area contributed by atoms with Crippen molar-refractivity contribution < 1.29 is 0 Å². The zero-order valence-electron chi connectivity index (χ0n) is 7.82. The van der Waals surface area contributed by atoms with E-state index in [4.69, 9.17) is 5.73 Å². The smallest absolute Gasteiger partial charge is 0.266 e. The molecule has 72 valence electrons. The van der Waals surface area contributed by atoms with Gasteiger partial charge < -0.3 is 5.73 Å². The van der Waals surface area contributed by atoms with Gasteiger partial charge in [-0.1, -0.05) is 18.2 Å². The summed E-state index contributed by atoms with van der Waals surface area (Å²) in [5.41, 5.74) is 7.44. The minimum Gasteiger partial charge on any atom is -0.384 e. The molecule has 0 unspecified atom stereocenters. The third-order valence-corrected chi connectivity index (χ3v) is 2.12. The van der Waals surface area contributed by atoms with Crippen LogP contribution in [-0.4, -0.2) is 9.78 Å². The summed E-state index contributed by atoms with van der Waals surface area (Å²) in [5.74, 6) is 0.421. The minimum absolute atomic E-state index is 0.189. The van der Waals surface area contributed by atoms with Crippen LogP contribution < -0.4 is 11.3 Å². The van der Waals surface area contributed by atoms with Crippen molar-refractivity contribution in [3.8, 4) is 5.69 Å². The summed E-state index contributed by atoms with van der Waals surface area (Å²) in [7, 11) is 0. The molecule has 0 atom stereocenters. The molecular weight excluding hydrogens is 178 g/mol. The summed E-state index contributed by atoms with van der Waals surface area (Å²) < 4.78 is 1.58. The fraction of sp³-hybridized carbons (Fsp3) is 0.100. The Morgan fingerprint density at radius 2 is 2.07 bits per heavy atom. The molecule has 0 saturated carbocycles. The molecular formula is C10H11N3O. The van der Waals surface area contributed by atoms with Crippen molar-refractivity contribution in [1.82, 2.24) is 9.78 Å². The van der Waals surface area contributed by atoms with Gasteiger partial charge in [0.25, 0.3) is 5.56 Å². The van der Waals surface area contributed by atoms with Crippen LogP contribution in [0.15, 0.2) is 35.1 Å². The largest absolute Gasteiger partial charge is 0.384 e. The van der Waals surface area contributed by atoms with E-state index in [-0.39, 0.29) is 5.56 Å². The van der Waals surface area contributed by atoms with E-state index >= 15 is 0 Å². The van der Waals surface area contributed by atoms with Crippen molar-refractivity contribution in [2.75, 3.05) is 5.73 Å². The third-order valence-electron chi connectivity index (χ3n) is 2.12. The Kier molecular flexibility index (Phi) is 1.89. The third kappa shape index (κ3) is 1.31. The van der Waals surface area contributed by atoms with Gasteiger partial charge in [0.2, 0.25) is 0 Å². The van der Waals surface area contributed by atoms with Gasteiger partial charge in [-0.2, -0.15) is 0 Å². The van der Waals surface area contributed by atoms with Gasteiger partial charge in [-0.3, -0.25) is 9.89 Å². The second-order valence-corrected chi connectivity index (χ2v) is 3.17. The van der Waals surface area contributed by atoms with Crippen LogP contribution in [0.1, 0.15) is 5.56 Å². The van der Waals surface area contributed by atoms with E-state index in [0.717, 1.165) is 11.3 Å². The van der Waals surface area contributed by atoms with Crippen LogP contribution in [0, 0.1) is 6.92 Å². The number of anilines is 1. The first-order valence-corrected chi connectivity index (χ1v) is 4.32. The van der Waals surface area contributed by atoms with Gasteiger partial charge in [-0.05, 0) is 18.6 Å². The first-order valence-electron chi connectivity index (χ1n) is 4.32. The first kappa shape index (κ1) is 8.62. The van der Waals surface area contributed by atoms with Gasteiger partial charge in [0.15, 0.2) is 0 Å². The van der Waals surface area contributed by atoms with E-state index in [1.165, 1.54) is 6.07 Å². The highest BCUT2D eigenvalue weighted by atomic mass is 16.1. The molecule has 0 aliphatic rings. The summed E-state index contributed by atoms with van der Waals surface area (Å²) >= 11 is 0.